The lowest BCUT2D eigenvalue weighted by Crippen LogP contribution is -2.41. The fourth-order valence-corrected chi connectivity index (χ4v) is 6.24. The number of methoxy groups -OCH3 is 3. The highest BCUT2D eigenvalue weighted by atomic mass is 16.5. The maximum atomic E-state index is 13.8. The van der Waals surface area contributed by atoms with Crippen LogP contribution in [0.2, 0.25) is 0 Å². The summed E-state index contributed by atoms with van der Waals surface area (Å²) in [5.41, 5.74) is 4.91. The third-order valence-corrected chi connectivity index (χ3v) is 8.51. The molecule has 0 aliphatic heterocycles. The lowest BCUT2D eigenvalue weighted by molar-refractivity contribution is -0.122. The van der Waals surface area contributed by atoms with Crippen LogP contribution in [0.3, 0.4) is 0 Å². The summed E-state index contributed by atoms with van der Waals surface area (Å²) in [4.78, 5) is 47.5. The van der Waals surface area contributed by atoms with Gasteiger partial charge in [-0.25, -0.2) is 4.98 Å². The van der Waals surface area contributed by atoms with E-state index in [0.29, 0.717) is 55.0 Å². The van der Waals surface area contributed by atoms with Gasteiger partial charge in [0.05, 0.1) is 44.1 Å². The van der Waals surface area contributed by atoms with Crippen LogP contribution in [0.5, 0.6) is 17.2 Å². The third kappa shape index (κ3) is 7.34. The normalized spacial score (nSPS) is 14.3. The molecule has 0 saturated carbocycles. The Kier molecular flexibility index (Phi) is 10.6. The number of para-hydroxylation sites is 2. The molecular weight excluding hydrogens is 598 g/mol. The van der Waals surface area contributed by atoms with Gasteiger partial charge in [0.25, 0.3) is 0 Å². The van der Waals surface area contributed by atoms with Crippen molar-refractivity contribution >= 4 is 28.5 Å². The first-order valence-electron chi connectivity index (χ1n) is 16.0. The van der Waals surface area contributed by atoms with Crippen molar-refractivity contribution in [2.75, 3.05) is 33.2 Å². The Labute approximate surface area is 274 Å². The summed E-state index contributed by atoms with van der Waals surface area (Å²) in [6.07, 6.45) is 3.94. The zero-order valence-corrected chi connectivity index (χ0v) is 27.6. The molecule has 0 bridgehead atoms. The van der Waals surface area contributed by atoms with E-state index in [0.717, 1.165) is 46.4 Å². The molecule has 0 saturated heterocycles. The number of amides is 2. The number of unbranched alkanes of at least 4 members (excludes halogenated alkanes) is 1. The molecule has 0 fully saturated rings. The predicted octanol–water partition coefficient (Wildman–Crippen LogP) is 5.07. The molecule has 0 spiro atoms. The first kappa shape index (κ1) is 33.3. The minimum atomic E-state index is -0.627. The highest BCUT2D eigenvalue weighted by molar-refractivity contribution is 5.86. The Morgan fingerprint density at radius 3 is 2.53 bits per heavy atom. The Morgan fingerprint density at radius 2 is 1.83 bits per heavy atom. The predicted molar refractivity (Wildman–Crippen MR) is 182 cm³/mol. The van der Waals surface area contributed by atoms with Gasteiger partial charge in [0.15, 0.2) is 11.5 Å². The van der Waals surface area contributed by atoms with Gasteiger partial charge < -0.3 is 35.1 Å². The summed E-state index contributed by atoms with van der Waals surface area (Å²) >= 11 is 0. The van der Waals surface area contributed by atoms with Crippen molar-refractivity contribution in [1.29, 1.82) is 0 Å². The zero-order chi connectivity index (χ0) is 33.5. The topological polar surface area (TPSA) is 144 Å². The number of imidazole rings is 1. The largest absolute Gasteiger partial charge is 0.493 e. The number of benzene rings is 2. The molecule has 1 aromatic heterocycles. The second-order valence-corrected chi connectivity index (χ2v) is 11.7. The fourth-order valence-electron chi connectivity index (χ4n) is 6.24. The summed E-state index contributed by atoms with van der Waals surface area (Å²) in [5, 5.41) is 9.30. The highest BCUT2D eigenvalue weighted by Gasteiger charge is 2.30. The number of aromatic amines is 1. The quantitative estimate of drug-likeness (QED) is 0.159. The van der Waals surface area contributed by atoms with Gasteiger partial charge in [-0.2, -0.15) is 0 Å². The van der Waals surface area contributed by atoms with Crippen LogP contribution in [-0.2, 0) is 22.4 Å². The number of ether oxygens (including phenoxy) is 3. The number of hydrogen-bond acceptors (Lipinski definition) is 8. The number of H-pyrrole nitrogens is 1. The van der Waals surface area contributed by atoms with Crippen LogP contribution >= 0.6 is 0 Å². The van der Waals surface area contributed by atoms with Gasteiger partial charge in [-0.3, -0.25) is 14.4 Å². The van der Waals surface area contributed by atoms with Gasteiger partial charge in [0, 0.05) is 25.5 Å². The molecule has 47 heavy (non-hydrogen) atoms. The summed E-state index contributed by atoms with van der Waals surface area (Å²) < 4.78 is 17.2. The van der Waals surface area contributed by atoms with E-state index in [4.69, 9.17) is 14.2 Å². The average Bonchev–Trinajstić information content (AvgIpc) is 3.34. The number of hydrogen-bond donors (Lipinski definition) is 4. The molecular formula is C36H43N5O6. The second-order valence-electron chi connectivity index (χ2n) is 11.7. The molecule has 1 unspecified atom stereocenters. The molecule has 1 aliphatic carbocycles. The molecule has 248 valence electrons. The fraction of sp³-hybridized carbons (Fsp3) is 0.389. The lowest BCUT2D eigenvalue weighted by atomic mass is 9.95. The van der Waals surface area contributed by atoms with Crippen LogP contribution in [0, 0.1) is 0 Å². The minimum Gasteiger partial charge on any atom is -0.493 e. The van der Waals surface area contributed by atoms with Crippen molar-refractivity contribution in [3.63, 3.8) is 0 Å². The van der Waals surface area contributed by atoms with E-state index in [1.165, 1.54) is 6.92 Å². The first-order chi connectivity index (χ1) is 22.8. The molecule has 4 N–H and O–H groups in total. The smallest absolute Gasteiger partial charge is 0.242 e. The van der Waals surface area contributed by atoms with Gasteiger partial charge in [0.1, 0.15) is 11.9 Å². The van der Waals surface area contributed by atoms with E-state index in [1.807, 2.05) is 36.4 Å². The van der Waals surface area contributed by atoms with Crippen molar-refractivity contribution in [3.05, 3.63) is 75.7 Å². The van der Waals surface area contributed by atoms with Crippen LogP contribution in [0.15, 0.2) is 53.3 Å². The van der Waals surface area contributed by atoms with Gasteiger partial charge in [-0.15, -0.1) is 0 Å². The lowest BCUT2D eigenvalue weighted by Gasteiger charge is -2.19. The Bertz CT molecular complexity index is 1790. The van der Waals surface area contributed by atoms with Gasteiger partial charge in [-0.1, -0.05) is 38.0 Å². The number of carbonyl (C=O) groups excluding carboxylic acids is 2. The summed E-state index contributed by atoms with van der Waals surface area (Å²) in [5.74, 6) is 1.84. The Morgan fingerprint density at radius 1 is 1.04 bits per heavy atom. The minimum absolute atomic E-state index is 0.193. The SMILES string of the molecule is CCCCC(Nc1ccc2c(cc1=O)[C@@H](NC(C)=O)CCc1cc(OC)c(OC)c(OC)c1-2)C(=O)NCCc1nc2ccccc2[nH]1. The van der Waals surface area contributed by atoms with Crippen LogP contribution in [0.1, 0.15) is 62.5 Å². The number of carbonyl (C=O) groups is 2. The standard InChI is InChI=1S/C36H43N5O6/c1-6-7-10-29(36(44)37-18-17-32-40-26-11-8-9-12-27(26)41-32)39-28-16-14-23-24(20-30(28)43)25(38-21(2)42)15-13-22-19-31(45-3)34(46-4)35(47-5)33(22)23/h8-9,11-12,14,16,19-20,25,29H,6-7,10,13,15,17-18H2,1-5H3,(H,37,44)(H,38,42)(H,39,43)(H,40,41)/t25-,29?/m0/s1. The van der Waals surface area contributed by atoms with Gasteiger partial charge >= 0.3 is 0 Å². The maximum absolute atomic E-state index is 13.8. The molecule has 0 radical (unpaired) electrons. The second kappa shape index (κ2) is 15.0. The van der Waals surface area contributed by atoms with E-state index in [2.05, 4.69) is 32.8 Å². The molecule has 1 heterocycles. The molecule has 11 nitrogen and oxygen atoms in total. The number of aromatic nitrogens is 2. The average molecular weight is 642 g/mol. The number of rotatable bonds is 13. The van der Waals surface area contributed by atoms with E-state index in [9.17, 15) is 14.4 Å². The number of fused-ring (bicyclic) bond motifs is 4. The number of anilines is 1. The third-order valence-electron chi connectivity index (χ3n) is 8.51. The number of nitrogens with zero attached hydrogens (tertiary/aromatic N) is 1. The Balaban J connectivity index is 1.48. The van der Waals surface area contributed by atoms with Gasteiger partial charge in [0.2, 0.25) is 23.0 Å². The van der Waals surface area contributed by atoms with Crippen LogP contribution in [-0.4, -0.2) is 55.7 Å². The number of aryl methyl sites for hydroxylation is 1. The van der Waals surface area contributed by atoms with E-state index >= 15 is 0 Å². The first-order valence-corrected chi connectivity index (χ1v) is 16.0. The van der Waals surface area contributed by atoms with Crippen molar-refractivity contribution in [2.45, 2.75) is 64.5 Å². The van der Waals surface area contributed by atoms with E-state index in [-0.39, 0.29) is 22.9 Å². The maximum Gasteiger partial charge on any atom is 0.242 e. The van der Waals surface area contributed by atoms with Gasteiger partial charge in [-0.05, 0) is 66.3 Å². The molecule has 3 aromatic carbocycles. The Hall–Kier alpha value is -5.06. The monoisotopic (exact) mass is 641 g/mol. The molecule has 2 atom stereocenters. The van der Waals surface area contributed by atoms with Crippen molar-refractivity contribution in [3.8, 4) is 28.4 Å². The van der Waals surface area contributed by atoms with Crippen molar-refractivity contribution in [1.82, 2.24) is 20.6 Å². The molecule has 4 aromatic rings. The zero-order valence-electron chi connectivity index (χ0n) is 27.6. The molecule has 5 rings (SSSR count). The molecule has 2 amide bonds. The van der Waals surface area contributed by atoms with Crippen molar-refractivity contribution < 1.29 is 23.8 Å². The van der Waals surface area contributed by atoms with Crippen LogP contribution in [0.25, 0.3) is 22.2 Å². The molecule has 11 heteroatoms. The summed E-state index contributed by atoms with van der Waals surface area (Å²) in [7, 11) is 4.68. The number of nitrogens with one attached hydrogen (secondary N) is 4. The van der Waals surface area contributed by atoms with E-state index < -0.39 is 12.1 Å². The summed E-state index contributed by atoms with van der Waals surface area (Å²) in [6.45, 7) is 3.92. The van der Waals surface area contributed by atoms with E-state index in [1.54, 1.807) is 33.5 Å². The van der Waals surface area contributed by atoms with Crippen LogP contribution < -0.4 is 35.6 Å². The molecule has 1 aliphatic rings. The highest BCUT2D eigenvalue weighted by Crippen LogP contribution is 2.50. The van der Waals surface area contributed by atoms with Crippen LogP contribution in [0.4, 0.5) is 5.69 Å². The van der Waals surface area contributed by atoms with Crippen molar-refractivity contribution in [2.24, 2.45) is 0 Å². The summed E-state index contributed by atoms with van der Waals surface area (Å²) in [6, 6.07) is 13.8.